The molecule has 1 aliphatic carbocycles. The molecule has 3 rings (SSSR count). The maximum Gasteiger partial charge on any atom is 0.225 e. The van der Waals surface area contributed by atoms with Crippen LogP contribution in [0.15, 0.2) is 12.2 Å². The molecule has 2 heteroatoms. The van der Waals surface area contributed by atoms with E-state index in [1.807, 2.05) is 6.08 Å². The average molecular weight is 107 g/mol. The molecule has 0 saturated carbocycles. The predicted molar refractivity (Wildman–Crippen MR) is 29.0 cm³/mol. The molecule has 2 heterocycles. The molecule has 2 nitrogen and oxygen atoms in total. The molecule has 0 amide bonds. The zero-order valence-electron chi connectivity index (χ0n) is 4.54. The lowest BCUT2D eigenvalue weighted by Crippen LogP contribution is -2.41. The second-order valence-corrected chi connectivity index (χ2v) is 2.31. The first-order chi connectivity index (χ1) is 3.88. The zero-order chi connectivity index (χ0) is 5.56. The minimum Gasteiger partial charge on any atom is -0.506 e. The van der Waals surface area contributed by atoms with Gasteiger partial charge >= 0.3 is 0 Å². The van der Waals surface area contributed by atoms with Crippen LogP contribution in [0.1, 0.15) is 12.8 Å². The maximum atomic E-state index is 8.97. The van der Waals surface area contributed by atoms with Crippen molar-refractivity contribution in [1.82, 2.24) is 0 Å². The summed E-state index contributed by atoms with van der Waals surface area (Å²) < 4.78 is 1.36. The summed E-state index contributed by atoms with van der Waals surface area (Å²) >= 11 is 0. The molecular formula is C6H7N2. The topological polar surface area (TPSA) is 25.3 Å². The molecule has 0 aromatic rings. The molecule has 1 atom stereocenters. The Labute approximate surface area is 48.3 Å². The van der Waals surface area contributed by atoms with Gasteiger partial charge in [0.2, 0.25) is 6.04 Å². The van der Waals surface area contributed by atoms with Gasteiger partial charge in [0, 0.05) is 6.42 Å². The van der Waals surface area contributed by atoms with Crippen molar-refractivity contribution in [3.63, 3.8) is 0 Å². The van der Waals surface area contributed by atoms with Crippen molar-refractivity contribution in [3.05, 3.63) is 23.7 Å². The van der Waals surface area contributed by atoms with Crippen LogP contribution in [-0.2, 0) is 0 Å². The number of hydrogen-bond acceptors (Lipinski definition) is 0. The van der Waals surface area contributed by atoms with Gasteiger partial charge < -0.3 is 10.2 Å². The Morgan fingerprint density at radius 2 is 2.62 bits per heavy atom. The lowest BCUT2D eigenvalue weighted by atomic mass is 9.88. The Morgan fingerprint density at radius 3 is 2.88 bits per heavy atom. The Hall–Kier alpha value is -0.660. The van der Waals surface area contributed by atoms with E-state index < -0.39 is 0 Å². The van der Waals surface area contributed by atoms with E-state index >= 15 is 0 Å². The summed E-state index contributed by atoms with van der Waals surface area (Å²) in [4.78, 5) is 0. The molecule has 0 aromatic heterocycles. The van der Waals surface area contributed by atoms with E-state index in [-0.39, 0.29) is 0 Å². The highest BCUT2D eigenvalue weighted by Crippen LogP contribution is 2.35. The SMILES string of the molecule is [N-]=[N+]1[C]2CC=CC1C2. The van der Waals surface area contributed by atoms with Crippen LogP contribution in [0.2, 0.25) is 0 Å². The smallest absolute Gasteiger partial charge is 0.225 e. The molecule has 2 bridgehead atoms. The van der Waals surface area contributed by atoms with Crippen molar-refractivity contribution in [2.24, 2.45) is 0 Å². The molecule has 41 valence electrons. The minimum atomic E-state index is 0.318. The van der Waals surface area contributed by atoms with Gasteiger partial charge in [-0.15, -0.1) is 0 Å². The third-order valence-electron chi connectivity index (χ3n) is 1.79. The highest BCUT2D eigenvalue weighted by Gasteiger charge is 2.41. The van der Waals surface area contributed by atoms with Crippen LogP contribution in [0.4, 0.5) is 0 Å². The van der Waals surface area contributed by atoms with Gasteiger partial charge in [-0.25, -0.2) is 0 Å². The van der Waals surface area contributed by atoms with Gasteiger partial charge in [-0.1, -0.05) is 6.08 Å². The van der Waals surface area contributed by atoms with Crippen molar-refractivity contribution >= 4 is 0 Å². The van der Waals surface area contributed by atoms with E-state index in [0.717, 1.165) is 18.9 Å². The number of fused-ring (bicyclic) bond motifs is 1. The second-order valence-electron chi connectivity index (χ2n) is 2.31. The van der Waals surface area contributed by atoms with E-state index in [9.17, 15) is 0 Å². The summed E-state index contributed by atoms with van der Waals surface area (Å²) in [6, 6.07) is 1.48. The Kier molecular flexibility index (Phi) is 0.629. The molecule has 0 N–H and O–H groups in total. The van der Waals surface area contributed by atoms with Crippen LogP contribution >= 0.6 is 0 Å². The van der Waals surface area contributed by atoms with Gasteiger partial charge in [0.05, 0.1) is 6.42 Å². The largest absolute Gasteiger partial charge is 0.506 e. The third-order valence-corrected chi connectivity index (χ3v) is 1.79. The van der Waals surface area contributed by atoms with Crippen molar-refractivity contribution < 1.29 is 4.70 Å². The van der Waals surface area contributed by atoms with Crippen molar-refractivity contribution in [2.75, 3.05) is 0 Å². The van der Waals surface area contributed by atoms with Gasteiger partial charge in [0.1, 0.15) is 0 Å². The Balaban J connectivity index is 2.30. The number of hydrogen-bond donors (Lipinski definition) is 0. The highest BCUT2D eigenvalue weighted by atomic mass is 15.3. The van der Waals surface area contributed by atoms with Gasteiger partial charge in [0.25, 0.3) is 0 Å². The molecule has 1 fully saturated rings. The molecule has 3 aliphatic rings. The molecule has 0 aromatic carbocycles. The van der Waals surface area contributed by atoms with Gasteiger partial charge in [-0.2, -0.15) is 0 Å². The second kappa shape index (κ2) is 1.19. The summed E-state index contributed by atoms with van der Waals surface area (Å²) in [7, 11) is 0. The molecule has 1 unspecified atom stereocenters. The average Bonchev–Trinajstić information content (AvgIpc) is 1.89. The summed E-state index contributed by atoms with van der Waals surface area (Å²) in [6.07, 6.45) is 6.18. The molecule has 0 spiro atoms. The molecule has 1 radical (unpaired) electrons. The molecule has 2 aliphatic heterocycles. The van der Waals surface area contributed by atoms with Crippen molar-refractivity contribution in [2.45, 2.75) is 18.9 Å². The summed E-state index contributed by atoms with van der Waals surface area (Å²) in [6.45, 7) is 0. The van der Waals surface area contributed by atoms with E-state index in [2.05, 4.69) is 6.08 Å². The van der Waals surface area contributed by atoms with Crippen LogP contribution in [0.3, 0.4) is 0 Å². The maximum absolute atomic E-state index is 8.97. The van der Waals surface area contributed by atoms with E-state index in [4.69, 9.17) is 5.53 Å². The quantitative estimate of drug-likeness (QED) is 0.329. The van der Waals surface area contributed by atoms with Crippen LogP contribution in [-0.4, -0.2) is 10.7 Å². The fourth-order valence-corrected chi connectivity index (χ4v) is 1.23. The first kappa shape index (κ1) is 4.24. The fourth-order valence-electron chi connectivity index (χ4n) is 1.23. The number of nitrogens with zero attached hydrogens (tertiary/aromatic N) is 2. The van der Waals surface area contributed by atoms with Crippen LogP contribution < -0.4 is 0 Å². The molecule has 8 heavy (non-hydrogen) atoms. The highest BCUT2D eigenvalue weighted by molar-refractivity contribution is 5.10. The van der Waals surface area contributed by atoms with Crippen molar-refractivity contribution in [1.29, 1.82) is 0 Å². The first-order valence-electron chi connectivity index (χ1n) is 2.87. The van der Waals surface area contributed by atoms with Gasteiger partial charge in [0.15, 0.2) is 6.04 Å². The standard InChI is InChI=1S/C6H7N2/c7-8-5-2-1-3-6(8)4-5/h1-2,5H,3-4H2. The lowest BCUT2D eigenvalue weighted by molar-refractivity contribution is -0.621. The first-order valence-corrected chi connectivity index (χ1v) is 2.87. The van der Waals surface area contributed by atoms with Crippen LogP contribution in [0, 0.1) is 6.04 Å². The zero-order valence-corrected chi connectivity index (χ0v) is 4.54. The van der Waals surface area contributed by atoms with Crippen LogP contribution in [0.5, 0.6) is 0 Å². The fraction of sp³-hybridized carbons (Fsp3) is 0.500. The number of rotatable bonds is 0. The Morgan fingerprint density at radius 1 is 1.75 bits per heavy atom. The van der Waals surface area contributed by atoms with E-state index in [0.29, 0.717) is 6.04 Å². The summed E-state index contributed by atoms with van der Waals surface area (Å²) in [5.41, 5.74) is 8.97. The normalized spacial score (nSPS) is 35.0. The van der Waals surface area contributed by atoms with Gasteiger partial charge in [-0.3, -0.25) is 0 Å². The molecular weight excluding hydrogens is 100 g/mol. The molecule has 1 saturated heterocycles. The summed E-state index contributed by atoms with van der Waals surface area (Å²) in [5, 5.41) is 0. The predicted octanol–water partition coefficient (Wildman–Crippen LogP) is 1.28. The van der Waals surface area contributed by atoms with E-state index in [1.165, 1.54) is 4.70 Å². The minimum absolute atomic E-state index is 0.318. The van der Waals surface area contributed by atoms with E-state index in [1.54, 1.807) is 0 Å². The van der Waals surface area contributed by atoms with Gasteiger partial charge in [-0.05, 0) is 6.08 Å². The third kappa shape index (κ3) is 0.335. The summed E-state index contributed by atoms with van der Waals surface area (Å²) in [5.74, 6) is 0. The Bertz CT molecular complexity index is 160. The van der Waals surface area contributed by atoms with Crippen molar-refractivity contribution in [3.8, 4) is 0 Å². The monoisotopic (exact) mass is 107 g/mol. The van der Waals surface area contributed by atoms with Crippen LogP contribution in [0.25, 0.3) is 5.53 Å². The lowest BCUT2D eigenvalue weighted by Gasteiger charge is -2.34.